The standard InChI is InChI=1S/C8H2Br2FN3O3S/c9-3-1-5(14(15)16)6(2-4(3)11)17-8-13-12-7(10)18-8/h1-2H. The fourth-order valence-electron chi connectivity index (χ4n) is 1.07. The van der Waals surface area contributed by atoms with E-state index in [1.165, 1.54) is 0 Å². The van der Waals surface area contributed by atoms with E-state index in [4.69, 9.17) is 4.74 Å². The normalized spacial score (nSPS) is 10.4. The van der Waals surface area contributed by atoms with Gasteiger partial charge in [-0.05, 0) is 43.2 Å². The zero-order valence-corrected chi connectivity index (χ0v) is 12.3. The number of nitrogens with zero attached hydrogens (tertiary/aromatic N) is 3. The molecular formula is C8H2Br2FN3O3S. The van der Waals surface area contributed by atoms with Crippen molar-refractivity contribution in [3.8, 4) is 10.9 Å². The molecule has 0 radical (unpaired) electrons. The van der Waals surface area contributed by atoms with Crippen molar-refractivity contribution in [3.05, 3.63) is 36.5 Å². The molecule has 0 saturated heterocycles. The molecule has 0 saturated carbocycles. The smallest absolute Gasteiger partial charge is 0.313 e. The summed E-state index contributed by atoms with van der Waals surface area (Å²) in [6.07, 6.45) is 0. The molecule has 18 heavy (non-hydrogen) atoms. The molecule has 0 bridgehead atoms. The number of nitro groups is 1. The third-order valence-electron chi connectivity index (χ3n) is 1.78. The van der Waals surface area contributed by atoms with Crippen LogP contribution in [0, 0.1) is 15.9 Å². The number of hydrogen-bond donors (Lipinski definition) is 0. The molecule has 2 aromatic rings. The minimum absolute atomic E-state index is 0.0139. The van der Waals surface area contributed by atoms with Crippen molar-refractivity contribution in [2.75, 3.05) is 0 Å². The van der Waals surface area contributed by atoms with Gasteiger partial charge in [-0.1, -0.05) is 5.10 Å². The molecule has 2 rings (SSSR count). The van der Waals surface area contributed by atoms with Crippen LogP contribution in [0.25, 0.3) is 0 Å². The zero-order chi connectivity index (χ0) is 13.3. The van der Waals surface area contributed by atoms with Gasteiger partial charge < -0.3 is 4.74 Å². The molecule has 10 heteroatoms. The van der Waals surface area contributed by atoms with Crippen molar-refractivity contribution in [2.24, 2.45) is 0 Å². The number of ether oxygens (including phenoxy) is 1. The largest absolute Gasteiger partial charge is 0.422 e. The SMILES string of the molecule is O=[N+]([O-])c1cc(Br)c(F)cc1Oc1nnc(Br)s1. The maximum Gasteiger partial charge on any atom is 0.313 e. The summed E-state index contributed by atoms with van der Waals surface area (Å²) in [7, 11) is 0. The van der Waals surface area contributed by atoms with Gasteiger partial charge in [-0.15, -0.1) is 5.10 Å². The van der Waals surface area contributed by atoms with E-state index in [9.17, 15) is 14.5 Å². The Hall–Kier alpha value is -1.13. The van der Waals surface area contributed by atoms with Crippen LogP contribution in [-0.2, 0) is 0 Å². The van der Waals surface area contributed by atoms with E-state index in [-0.39, 0.29) is 21.1 Å². The molecule has 0 atom stereocenters. The van der Waals surface area contributed by atoms with Gasteiger partial charge in [-0.25, -0.2) is 4.39 Å². The van der Waals surface area contributed by atoms with Gasteiger partial charge in [-0.3, -0.25) is 10.1 Å². The molecule has 1 heterocycles. The molecule has 1 aromatic carbocycles. The van der Waals surface area contributed by atoms with Gasteiger partial charge in [0, 0.05) is 12.1 Å². The van der Waals surface area contributed by atoms with Crippen molar-refractivity contribution in [1.29, 1.82) is 0 Å². The fourth-order valence-corrected chi connectivity index (χ4v) is 2.34. The number of benzene rings is 1. The van der Waals surface area contributed by atoms with E-state index in [2.05, 4.69) is 42.1 Å². The number of halogens is 3. The Morgan fingerprint density at radius 3 is 2.67 bits per heavy atom. The van der Waals surface area contributed by atoms with Crippen LogP contribution in [0.15, 0.2) is 20.5 Å². The van der Waals surface area contributed by atoms with Crippen molar-refractivity contribution < 1.29 is 14.1 Å². The third kappa shape index (κ3) is 2.82. The van der Waals surface area contributed by atoms with Gasteiger partial charge in [0.25, 0.3) is 0 Å². The summed E-state index contributed by atoms with van der Waals surface area (Å²) >= 11 is 6.97. The number of hydrogen-bond acceptors (Lipinski definition) is 6. The van der Waals surface area contributed by atoms with Crippen LogP contribution in [0.5, 0.6) is 10.9 Å². The average molecular weight is 399 g/mol. The molecule has 0 N–H and O–H groups in total. The second-order valence-corrected chi connectivity index (χ2v) is 5.98. The molecule has 1 aromatic heterocycles. The van der Waals surface area contributed by atoms with Gasteiger partial charge >= 0.3 is 10.9 Å². The van der Waals surface area contributed by atoms with Crippen LogP contribution >= 0.6 is 43.2 Å². The molecule has 0 aliphatic heterocycles. The minimum atomic E-state index is -0.671. The molecule has 6 nitrogen and oxygen atoms in total. The second-order valence-electron chi connectivity index (χ2n) is 2.91. The predicted octanol–water partition coefficient (Wildman–Crippen LogP) is 3.90. The summed E-state index contributed by atoms with van der Waals surface area (Å²) in [5, 5.41) is 18.1. The number of nitro benzene ring substituents is 1. The Kier molecular flexibility index (Phi) is 3.88. The fraction of sp³-hybridized carbons (Fsp3) is 0. The van der Waals surface area contributed by atoms with Gasteiger partial charge in [-0.2, -0.15) is 0 Å². The lowest BCUT2D eigenvalue weighted by Crippen LogP contribution is -1.95. The first-order valence-corrected chi connectivity index (χ1v) is 6.68. The topological polar surface area (TPSA) is 78.2 Å². The maximum absolute atomic E-state index is 13.3. The van der Waals surface area contributed by atoms with Crippen LogP contribution in [0.4, 0.5) is 10.1 Å². The van der Waals surface area contributed by atoms with Gasteiger partial charge in [0.05, 0.1) is 9.40 Å². The summed E-state index contributed by atoms with van der Waals surface area (Å²) in [6, 6.07) is 1.94. The molecular weight excluding hydrogens is 397 g/mol. The van der Waals surface area contributed by atoms with Crippen LogP contribution in [0.3, 0.4) is 0 Å². The van der Waals surface area contributed by atoms with Gasteiger partial charge in [0.15, 0.2) is 3.92 Å². The highest BCUT2D eigenvalue weighted by atomic mass is 79.9. The van der Waals surface area contributed by atoms with E-state index in [0.29, 0.717) is 3.92 Å². The van der Waals surface area contributed by atoms with Crippen LogP contribution < -0.4 is 4.74 Å². The molecule has 0 aliphatic carbocycles. The van der Waals surface area contributed by atoms with E-state index in [0.717, 1.165) is 23.5 Å². The zero-order valence-electron chi connectivity index (χ0n) is 8.26. The van der Waals surface area contributed by atoms with Crippen LogP contribution in [0.2, 0.25) is 0 Å². The predicted molar refractivity (Wildman–Crippen MR) is 68.4 cm³/mol. The minimum Gasteiger partial charge on any atom is -0.422 e. The van der Waals surface area contributed by atoms with Crippen molar-refractivity contribution in [2.45, 2.75) is 0 Å². The Balaban J connectivity index is 2.42. The highest BCUT2D eigenvalue weighted by Gasteiger charge is 2.20. The Labute approximate surface area is 120 Å². The highest BCUT2D eigenvalue weighted by Crippen LogP contribution is 2.36. The number of aromatic nitrogens is 2. The number of rotatable bonds is 3. The Bertz CT molecular complexity index is 622. The Morgan fingerprint density at radius 1 is 1.39 bits per heavy atom. The highest BCUT2D eigenvalue weighted by molar-refractivity contribution is 9.11. The maximum atomic E-state index is 13.3. The monoisotopic (exact) mass is 397 g/mol. The quantitative estimate of drug-likeness (QED) is 0.578. The molecule has 0 unspecified atom stereocenters. The van der Waals surface area contributed by atoms with Crippen LogP contribution in [0.1, 0.15) is 0 Å². The molecule has 0 fully saturated rings. The molecule has 0 amide bonds. The van der Waals surface area contributed by atoms with E-state index in [1.54, 1.807) is 0 Å². The first-order valence-electron chi connectivity index (χ1n) is 4.27. The third-order valence-corrected chi connectivity index (χ3v) is 3.62. The van der Waals surface area contributed by atoms with Crippen molar-refractivity contribution in [1.82, 2.24) is 10.2 Å². The lowest BCUT2D eigenvalue weighted by Gasteiger charge is -2.03. The lowest BCUT2D eigenvalue weighted by atomic mass is 10.3. The molecule has 0 aliphatic rings. The summed E-state index contributed by atoms with van der Waals surface area (Å²) < 4.78 is 18.9. The van der Waals surface area contributed by atoms with Gasteiger partial charge in [0.1, 0.15) is 5.82 Å². The summed E-state index contributed by atoms with van der Waals surface area (Å²) in [4.78, 5) is 10.2. The first-order chi connectivity index (χ1) is 8.47. The summed E-state index contributed by atoms with van der Waals surface area (Å²) in [5.41, 5.74) is -0.366. The van der Waals surface area contributed by atoms with Gasteiger partial charge in [0.2, 0.25) is 5.75 Å². The lowest BCUT2D eigenvalue weighted by molar-refractivity contribution is -0.385. The second kappa shape index (κ2) is 5.24. The van der Waals surface area contributed by atoms with E-state index >= 15 is 0 Å². The van der Waals surface area contributed by atoms with Crippen molar-refractivity contribution >= 4 is 48.9 Å². The molecule has 0 spiro atoms. The van der Waals surface area contributed by atoms with Crippen molar-refractivity contribution in [3.63, 3.8) is 0 Å². The Morgan fingerprint density at radius 2 is 2.11 bits per heavy atom. The summed E-state index contributed by atoms with van der Waals surface area (Å²) in [5.74, 6) is -0.900. The summed E-state index contributed by atoms with van der Waals surface area (Å²) in [6.45, 7) is 0. The molecule has 94 valence electrons. The average Bonchev–Trinajstić information content (AvgIpc) is 2.68. The van der Waals surface area contributed by atoms with E-state index < -0.39 is 10.7 Å². The first kappa shape index (κ1) is 13.3. The van der Waals surface area contributed by atoms with E-state index in [1.807, 2.05) is 0 Å². The van der Waals surface area contributed by atoms with Crippen LogP contribution in [-0.4, -0.2) is 15.1 Å².